The van der Waals surface area contributed by atoms with Gasteiger partial charge >= 0.3 is 0 Å². The highest BCUT2D eigenvalue weighted by molar-refractivity contribution is 8.27. The van der Waals surface area contributed by atoms with Crippen molar-refractivity contribution in [2.24, 2.45) is 0 Å². The molecule has 1 aliphatic heterocycles. The van der Waals surface area contributed by atoms with E-state index in [1.165, 1.54) is 30.2 Å². The number of ether oxygens (including phenoxy) is 1. The molecule has 3 rings (SSSR count). The lowest BCUT2D eigenvalue weighted by molar-refractivity contribution is -0.113. The number of unbranched alkanes of at least 4 members (excludes halogenated alkanes) is 1. The maximum Gasteiger partial charge on any atom is 0.270 e. The maximum absolute atomic E-state index is 12.9. The highest BCUT2D eigenvalue weighted by atomic mass is 32.2. The fourth-order valence-corrected chi connectivity index (χ4v) is 4.10. The first-order valence-corrected chi connectivity index (χ1v) is 9.86. The van der Waals surface area contributed by atoms with Crippen molar-refractivity contribution < 1.29 is 9.53 Å². The summed E-state index contributed by atoms with van der Waals surface area (Å²) in [6, 6.07) is 15.7. The predicted molar refractivity (Wildman–Crippen MR) is 114 cm³/mol. The van der Waals surface area contributed by atoms with Crippen LogP contribution in [0.25, 0.3) is 6.08 Å². The molecule has 0 spiro atoms. The number of amides is 1. The van der Waals surface area contributed by atoms with Crippen molar-refractivity contribution in [2.75, 3.05) is 12.0 Å². The molecular weight excluding hydrogens is 362 g/mol. The lowest BCUT2D eigenvalue weighted by Crippen LogP contribution is -2.27. The minimum atomic E-state index is -0.0905. The molecule has 0 aromatic heterocycles. The van der Waals surface area contributed by atoms with Crippen molar-refractivity contribution in [3.05, 3.63) is 64.6 Å². The fraction of sp³-hybridized carbons (Fsp3) is 0.238. The van der Waals surface area contributed by atoms with Gasteiger partial charge in [-0.05, 0) is 42.7 Å². The molecule has 1 amide bonds. The number of nitrogens with zero attached hydrogens (tertiary/aromatic N) is 1. The number of benzene rings is 2. The molecule has 134 valence electrons. The zero-order chi connectivity index (χ0) is 18.5. The van der Waals surface area contributed by atoms with Crippen molar-refractivity contribution in [3.8, 4) is 5.75 Å². The number of aryl methyl sites for hydroxylation is 1. The lowest BCUT2D eigenvalue weighted by Gasteiger charge is -2.15. The van der Waals surface area contributed by atoms with Gasteiger partial charge in [-0.1, -0.05) is 67.7 Å². The summed E-state index contributed by atoms with van der Waals surface area (Å²) >= 11 is 6.77. The van der Waals surface area contributed by atoms with E-state index < -0.39 is 0 Å². The number of thioether (sulfide) groups is 1. The number of hydrogen-bond donors (Lipinski definition) is 0. The van der Waals surface area contributed by atoms with Gasteiger partial charge < -0.3 is 4.74 Å². The van der Waals surface area contributed by atoms with Crippen LogP contribution in [0.2, 0.25) is 0 Å². The monoisotopic (exact) mass is 383 g/mol. The zero-order valence-electron chi connectivity index (χ0n) is 14.9. The Hall–Kier alpha value is -2.11. The summed E-state index contributed by atoms with van der Waals surface area (Å²) in [6.45, 7) is 2.18. The Morgan fingerprint density at radius 1 is 1.15 bits per heavy atom. The molecule has 0 aliphatic carbocycles. The van der Waals surface area contributed by atoms with Crippen LogP contribution >= 0.6 is 24.0 Å². The summed E-state index contributed by atoms with van der Waals surface area (Å²) in [7, 11) is 1.62. The van der Waals surface area contributed by atoms with Gasteiger partial charge in [-0.2, -0.15) is 0 Å². The second-order valence-electron chi connectivity index (χ2n) is 6.03. The Balaban J connectivity index is 1.84. The topological polar surface area (TPSA) is 29.5 Å². The smallest absolute Gasteiger partial charge is 0.270 e. The SMILES string of the molecule is CCCCc1ccc(N2C(=O)/C(=C/c3ccccc3OC)SC2=S)cc1. The molecule has 1 fully saturated rings. The van der Waals surface area contributed by atoms with Crippen LogP contribution < -0.4 is 9.64 Å². The highest BCUT2D eigenvalue weighted by Crippen LogP contribution is 2.37. The molecule has 0 N–H and O–H groups in total. The van der Waals surface area contributed by atoms with Crippen LogP contribution in [0.5, 0.6) is 5.75 Å². The third kappa shape index (κ3) is 4.00. The van der Waals surface area contributed by atoms with Crippen LogP contribution in [0.3, 0.4) is 0 Å². The normalized spacial score (nSPS) is 15.8. The molecule has 26 heavy (non-hydrogen) atoms. The van der Waals surface area contributed by atoms with Gasteiger partial charge in [0, 0.05) is 5.56 Å². The van der Waals surface area contributed by atoms with Crippen molar-refractivity contribution in [2.45, 2.75) is 26.2 Å². The molecule has 0 radical (unpaired) electrons. The molecule has 1 heterocycles. The molecule has 1 saturated heterocycles. The lowest BCUT2D eigenvalue weighted by atomic mass is 10.1. The third-order valence-corrected chi connectivity index (χ3v) is 5.53. The molecule has 2 aromatic carbocycles. The highest BCUT2D eigenvalue weighted by Gasteiger charge is 2.33. The van der Waals surface area contributed by atoms with E-state index in [9.17, 15) is 4.79 Å². The summed E-state index contributed by atoms with van der Waals surface area (Å²) < 4.78 is 5.92. The number of carbonyl (C=O) groups excluding carboxylic acids is 1. The fourth-order valence-electron chi connectivity index (χ4n) is 2.81. The Kier molecular flexibility index (Phi) is 6.12. The van der Waals surface area contributed by atoms with Crippen molar-refractivity contribution in [1.29, 1.82) is 0 Å². The summed E-state index contributed by atoms with van der Waals surface area (Å²) in [5.41, 5.74) is 2.96. The van der Waals surface area contributed by atoms with Gasteiger partial charge in [-0.15, -0.1) is 0 Å². The minimum absolute atomic E-state index is 0.0905. The van der Waals surface area contributed by atoms with E-state index in [-0.39, 0.29) is 5.91 Å². The van der Waals surface area contributed by atoms with Crippen LogP contribution in [0, 0.1) is 0 Å². The second-order valence-corrected chi connectivity index (χ2v) is 7.70. The molecule has 5 heteroatoms. The van der Waals surface area contributed by atoms with Gasteiger partial charge in [0.05, 0.1) is 17.7 Å². The number of hydrogen-bond acceptors (Lipinski definition) is 4. The van der Waals surface area contributed by atoms with E-state index in [1.54, 1.807) is 12.0 Å². The molecule has 3 nitrogen and oxygen atoms in total. The average Bonchev–Trinajstić information content (AvgIpc) is 2.94. The van der Waals surface area contributed by atoms with Crippen molar-refractivity contribution >= 4 is 46.0 Å². The zero-order valence-corrected chi connectivity index (χ0v) is 16.5. The average molecular weight is 384 g/mol. The summed E-state index contributed by atoms with van der Waals surface area (Å²) in [4.78, 5) is 15.1. The van der Waals surface area contributed by atoms with Gasteiger partial charge in [0.2, 0.25) is 0 Å². The van der Waals surface area contributed by atoms with E-state index in [1.807, 2.05) is 42.5 Å². The van der Waals surface area contributed by atoms with E-state index in [0.717, 1.165) is 23.4 Å². The molecule has 0 unspecified atom stereocenters. The molecule has 2 aromatic rings. The number of methoxy groups -OCH3 is 1. The molecule has 0 saturated carbocycles. The molecule has 0 atom stereocenters. The molecule has 1 aliphatic rings. The first-order chi connectivity index (χ1) is 12.6. The number of anilines is 1. The van der Waals surface area contributed by atoms with Gasteiger partial charge in [0.15, 0.2) is 4.32 Å². The van der Waals surface area contributed by atoms with E-state index in [4.69, 9.17) is 17.0 Å². The Morgan fingerprint density at radius 3 is 2.58 bits per heavy atom. The largest absolute Gasteiger partial charge is 0.496 e. The Morgan fingerprint density at radius 2 is 1.88 bits per heavy atom. The van der Waals surface area contributed by atoms with Crippen LogP contribution in [0.4, 0.5) is 5.69 Å². The van der Waals surface area contributed by atoms with Crippen LogP contribution in [-0.2, 0) is 11.2 Å². The van der Waals surface area contributed by atoms with Crippen molar-refractivity contribution in [1.82, 2.24) is 0 Å². The number of rotatable bonds is 6. The molecular formula is C21H21NO2S2. The van der Waals surface area contributed by atoms with E-state index >= 15 is 0 Å². The number of para-hydroxylation sites is 1. The summed E-state index contributed by atoms with van der Waals surface area (Å²) in [6.07, 6.45) is 5.24. The minimum Gasteiger partial charge on any atom is -0.496 e. The molecule has 0 bridgehead atoms. The quantitative estimate of drug-likeness (QED) is 0.490. The van der Waals surface area contributed by atoms with Gasteiger partial charge in [0.25, 0.3) is 5.91 Å². The van der Waals surface area contributed by atoms with Crippen LogP contribution in [0.15, 0.2) is 53.4 Å². The number of carbonyl (C=O) groups is 1. The maximum atomic E-state index is 12.9. The van der Waals surface area contributed by atoms with Crippen molar-refractivity contribution in [3.63, 3.8) is 0 Å². The standard InChI is InChI=1S/C21H21NO2S2/c1-3-4-7-15-10-12-17(13-11-15)22-20(23)19(26-21(22)25)14-16-8-5-6-9-18(16)24-2/h5-6,8-14H,3-4,7H2,1-2H3/b19-14-. The van der Waals surface area contributed by atoms with Crippen LogP contribution in [-0.4, -0.2) is 17.3 Å². The Labute approximate surface area is 164 Å². The number of thiocarbonyl (C=S) groups is 1. The Bertz CT molecular complexity index is 843. The van der Waals surface area contributed by atoms with Gasteiger partial charge in [-0.25, -0.2) is 0 Å². The van der Waals surface area contributed by atoms with Gasteiger partial charge in [-0.3, -0.25) is 9.69 Å². The first kappa shape index (κ1) is 18.7. The first-order valence-electron chi connectivity index (χ1n) is 8.64. The summed E-state index contributed by atoms with van der Waals surface area (Å²) in [5.74, 6) is 0.644. The second kappa shape index (κ2) is 8.52. The predicted octanol–water partition coefficient (Wildman–Crippen LogP) is 5.44. The summed E-state index contributed by atoms with van der Waals surface area (Å²) in [5, 5.41) is 0. The van der Waals surface area contributed by atoms with Gasteiger partial charge in [0.1, 0.15) is 5.75 Å². The van der Waals surface area contributed by atoms with E-state index in [2.05, 4.69) is 19.1 Å². The van der Waals surface area contributed by atoms with E-state index in [0.29, 0.717) is 9.23 Å². The van der Waals surface area contributed by atoms with Crippen LogP contribution in [0.1, 0.15) is 30.9 Å². The third-order valence-electron chi connectivity index (χ3n) is 4.23.